The molecule has 0 spiro atoms. The van der Waals surface area contributed by atoms with Crippen LogP contribution in [-0.4, -0.2) is 20.5 Å². The van der Waals surface area contributed by atoms with Crippen molar-refractivity contribution in [3.8, 4) is 0 Å². The highest BCUT2D eigenvalue weighted by atomic mass is 32.2. The quantitative estimate of drug-likeness (QED) is 0.873. The molecule has 1 aliphatic rings. The highest BCUT2D eigenvalue weighted by Gasteiger charge is 2.22. The fourth-order valence-corrected chi connectivity index (χ4v) is 3.91. The predicted octanol–water partition coefficient (Wildman–Crippen LogP) is 2.73. The maximum atomic E-state index is 12.3. The molecule has 1 aromatic rings. The highest BCUT2D eigenvalue weighted by molar-refractivity contribution is 7.89. The molecule has 5 heteroatoms. The highest BCUT2D eigenvalue weighted by Crippen LogP contribution is 2.26. The summed E-state index contributed by atoms with van der Waals surface area (Å²) in [6.07, 6.45) is 4.67. The molecule has 1 aliphatic carbocycles. The fourth-order valence-electron chi connectivity index (χ4n) is 2.48. The summed E-state index contributed by atoms with van der Waals surface area (Å²) in [6.45, 7) is 3.65. The van der Waals surface area contributed by atoms with Gasteiger partial charge in [0.05, 0.1) is 5.69 Å². The van der Waals surface area contributed by atoms with Crippen LogP contribution in [0.5, 0.6) is 0 Å². The van der Waals surface area contributed by atoms with Gasteiger partial charge in [-0.1, -0.05) is 25.0 Å². The number of nitrogens with one attached hydrogen (secondary N) is 2. The van der Waals surface area contributed by atoms with Crippen LogP contribution in [0.25, 0.3) is 0 Å². The van der Waals surface area contributed by atoms with E-state index in [2.05, 4.69) is 10.0 Å². The minimum absolute atomic E-state index is 0.107. The molecule has 4 nitrogen and oxygen atoms in total. The van der Waals surface area contributed by atoms with Gasteiger partial charge >= 0.3 is 0 Å². The average Bonchev–Trinajstić information content (AvgIpc) is 2.80. The zero-order valence-corrected chi connectivity index (χ0v) is 12.3. The van der Waals surface area contributed by atoms with Crippen LogP contribution in [0.3, 0.4) is 0 Å². The van der Waals surface area contributed by atoms with Gasteiger partial charge in [-0.15, -0.1) is 0 Å². The standard InChI is InChI=1S/C14H22N2O2S/c1-11(2)16-19(17,18)14-10-6-5-9-13(14)15-12-7-3-4-8-12/h5-6,9-12,15-16H,3-4,7-8H2,1-2H3. The first kappa shape index (κ1) is 14.3. The van der Waals surface area contributed by atoms with Gasteiger partial charge in [0.25, 0.3) is 0 Å². The van der Waals surface area contributed by atoms with Crippen molar-refractivity contribution in [2.45, 2.75) is 56.5 Å². The Hall–Kier alpha value is -1.07. The lowest BCUT2D eigenvalue weighted by atomic mass is 10.2. The summed E-state index contributed by atoms with van der Waals surface area (Å²) in [7, 11) is -3.44. The van der Waals surface area contributed by atoms with E-state index in [1.165, 1.54) is 12.8 Å². The second-order valence-electron chi connectivity index (χ2n) is 5.40. The average molecular weight is 282 g/mol. The smallest absolute Gasteiger partial charge is 0.242 e. The summed E-state index contributed by atoms with van der Waals surface area (Å²) in [4.78, 5) is 0.343. The molecule has 0 amide bonds. The van der Waals surface area contributed by atoms with Crippen LogP contribution in [0, 0.1) is 0 Å². The zero-order chi connectivity index (χ0) is 13.9. The Morgan fingerprint density at radius 3 is 2.42 bits per heavy atom. The Morgan fingerprint density at radius 2 is 1.79 bits per heavy atom. The maximum Gasteiger partial charge on any atom is 0.242 e. The van der Waals surface area contributed by atoms with E-state index >= 15 is 0 Å². The molecule has 0 aromatic heterocycles. The topological polar surface area (TPSA) is 58.2 Å². The minimum atomic E-state index is -3.44. The molecular formula is C14H22N2O2S. The number of sulfonamides is 1. The lowest BCUT2D eigenvalue weighted by molar-refractivity contribution is 0.570. The van der Waals surface area contributed by atoms with Crippen LogP contribution in [-0.2, 0) is 10.0 Å². The van der Waals surface area contributed by atoms with Crippen molar-refractivity contribution in [2.75, 3.05) is 5.32 Å². The molecule has 1 aromatic carbocycles. The van der Waals surface area contributed by atoms with Crippen molar-refractivity contribution >= 4 is 15.7 Å². The largest absolute Gasteiger partial charge is 0.381 e. The van der Waals surface area contributed by atoms with Crippen LogP contribution in [0.4, 0.5) is 5.69 Å². The third-order valence-corrected chi connectivity index (χ3v) is 5.00. The molecule has 2 rings (SSSR count). The van der Waals surface area contributed by atoms with Gasteiger partial charge in [-0.2, -0.15) is 0 Å². The summed E-state index contributed by atoms with van der Waals surface area (Å²) in [5, 5.41) is 3.37. The lowest BCUT2D eigenvalue weighted by Crippen LogP contribution is -2.31. The molecule has 0 unspecified atom stereocenters. The third kappa shape index (κ3) is 3.70. The number of hydrogen-bond acceptors (Lipinski definition) is 3. The zero-order valence-electron chi connectivity index (χ0n) is 11.5. The molecular weight excluding hydrogens is 260 g/mol. The first-order valence-electron chi connectivity index (χ1n) is 6.87. The van der Waals surface area contributed by atoms with Crippen molar-refractivity contribution in [3.05, 3.63) is 24.3 Å². The van der Waals surface area contributed by atoms with Gasteiger partial charge in [-0.05, 0) is 38.8 Å². The number of para-hydroxylation sites is 1. The third-order valence-electron chi connectivity index (χ3n) is 3.28. The Balaban J connectivity index is 2.24. The SMILES string of the molecule is CC(C)NS(=O)(=O)c1ccccc1NC1CCCC1. The van der Waals surface area contributed by atoms with E-state index in [0.29, 0.717) is 16.6 Å². The van der Waals surface area contributed by atoms with Gasteiger partial charge in [0.15, 0.2) is 0 Å². The van der Waals surface area contributed by atoms with Gasteiger partial charge in [-0.25, -0.2) is 13.1 Å². The molecule has 0 atom stereocenters. The molecule has 0 radical (unpaired) electrons. The van der Waals surface area contributed by atoms with Crippen LogP contribution >= 0.6 is 0 Å². The van der Waals surface area contributed by atoms with E-state index in [9.17, 15) is 8.42 Å². The Labute approximate surface area is 115 Å². The van der Waals surface area contributed by atoms with Crippen molar-refractivity contribution in [3.63, 3.8) is 0 Å². The molecule has 1 saturated carbocycles. The molecule has 19 heavy (non-hydrogen) atoms. The van der Waals surface area contributed by atoms with E-state index in [1.807, 2.05) is 26.0 Å². The summed E-state index contributed by atoms with van der Waals surface area (Å²) in [5.74, 6) is 0. The molecule has 2 N–H and O–H groups in total. The van der Waals surface area contributed by atoms with E-state index in [-0.39, 0.29) is 6.04 Å². The number of benzene rings is 1. The maximum absolute atomic E-state index is 12.3. The van der Waals surface area contributed by atoms with Gasteiger partial charge in [0, 0.05) is 12.1 Å². The van der Waals surface area contributed by atoms with Crippen molar-refractivity contribution in [1.29, 1.82) is 0 Å². The predicted molar refractivity (Wildman–Crippen MR) is 77.8 cm³/mol. The van der Waals surface area contributed by atoms with Crippen LogP contribution in [0.1, 0.15) is 39.5 Å². The van der Waals surface area contributed by atoms with Crippen molar-refractivity contribution < 1.29 is 8.42 Å². The van der Waals surface area contributed by atoms with Crippen LogP contribution in [0.15, 0.2) is 29.2 Å². The van der Waals surface area contributed by atoms with Gasteiger partial charge in [0.1, 0.15) is 4.90 Å². The molecule has 0 heterocycles. The molecule has 0 saturated heterocycles. The van der Waals surface area contributed by atoms with Gasteiger partial charge in [0.2, 0.25) is 10.0 Å². The molecule has 0 aliphatic heterocycles. The Bertz CT molecular complexity index is 520. The fraction of sp³-hybridized carbons (Fsp3) is 0.571. The number of anilines is 1. The number of hydrogen-bond donors (Lipinski definition) is 2. The first-order valence-corrected chi connectivity index (χ1v) is 8.35. The molecule has 1 fully saturated rings. The van der Waals surface area contributed by atoms with Gasteiger partial charge in [-0.3, -0.25) is 0 Å². The molecule has 0 bridgehead atoms. The minimum Gasteiger partial charge on any atom is -0.381 e. The van der Waals surface area contributed by atoms with Crippen LogP contribution < -0.4 is 10.0 Å². The van der Waals surface area contributed by atoms with Crippen molar-refractivity contribution in [1.82, 2.24) is 4.72 Å². The second-order valence-corrected chi connectivity index (χ2v) is 7.08. The normalized spacial score (nSPS) is 17.0. The summed E-state index contributed by atoms with van der Waals surface area (Å²) in [6, 6.07) is 7.41. The first-order chi connectivity index (χ1) is 8.99. The Kier molecular flexibility index (Phi) is 4.47. The second kappa shape index (κ2) is 5.92. The summed E-state index contributed by atoms with van der Waals surface area (Å²) < 4.78 is 27.2. The lowest BCUT2D eigenvalue weighted by Gasteiger charge is -2.18. The van der Waals surface area contributed by atoms with E-state index in [0.717, 1.165) is 12.8 Å². The summed E-state index contributed by atoms with van der Waals surface area (Å²) >= 11 is 0. The monoisotopic (exact) mass is 282 g/mol. The summed E-state index contributed by atoms with van der Waals surface area (Å²) in [5.41, 5.74) is 0.711. The van der Waals surface area contributed by atoms with Crippen LogP contribution in [0.2, 0.25) is 0 Å². The Morgan fingerprint density at radius 1 is 1.16 bits per heavy atom. The van der Waals surface area contributed by atoms with Gasteiger partial charge < -0.3 is 5.32 Å². The van der Waals surface area contributed by atoms with E-state index in [1.54, 1.807) is 12.1 Å². The van der Waals surface area contributed by atoms with Crippen molar-refractivity contribution in [2.24, 2.45) is 0 Å². The molecule has 106 valence electrons. The number of rotatable bonds is 5. The van der Waals surface area contributed by atoms with E-state index < -0.39 is 10.0 Å². The van der Waals surface area contributed by atoms with E-state index in [4.69, 9.17) is 0 Å².